The molecule has 1 atom stereocenters. The first-order chi connectivity index (χ1) is 12.7. The molecule has 3 heterocycles. The van der Waals surface area contributed by atoms with Crippen LogP contribution in [0, 0.1) is 11.3 Å². The summed E-state index contributed by atoms with van der Waals surface area (Å²) in [6, 6.07) is 9.09. The highest BCUT2D eigenvalue weighted by molar-refractivity contribution is 5.91. The lowest BCUT2D eigenvalue weighted by atomic mass is 10.1. The Labute approximate surface area is 150 Å². The second-order valence-corrected chi connectivity index (χ2v) is 6.28. The molecule has 1 N–H and O–H groups in total. The van der Waals surface area contributed by atoms with Crippen molar-refractivity contribution in [2.45, 2.75) is 19.0 Å². The number of aryl methyl sites for hydroxylation is 1. The van der Waals surface area contributed by atoms with Crippen LogP contribution in [0.4, 0.5) is 5.82 Å². The second-order valence-electron chi connectivity index (χ2n) is 6.28. The zero-order valence-electron chi connectivity index (χ0n) is 14.3. The van der Waals surface area contributed by atoms with E-state index in [2.05, 4.69) is 26.5 Å². The molecule has 26 heavy (non-hydrogen) atoms. The number of fused-ring (bicyclic) bond motifs is 1. The van der Waals surface area contributed by atoms with Gasteiger partial charge in [0.15, 0.2) is 5.65 Å². The lowest BCUT2D eigenvalue weighted by Crippen LogP contribution is -2.33. The van der Waals surface area contributed by atoms with Crippen molar-refractivity contribution in [3.8, 4) is 6.07 Å². The third kappa shape index (κ3) is 2.84. The van der Waals surface area contributed by atoms with Gasteiger partial charge >= 0.3 is 0 Å². The van der Waals surface area contributed by atoms with Gasteiger partial charge in [0.2, 0.25) is 5.91 Å². The molecule has 0 aliphatic carbocycles. The predicted octanol–water partition coefficient (Wildman–Crippen LogP) is 1.45. The van der Waals surface area contributed by atoms with Crippen LogP contribution in [0.1, 0.15) is 17.5 Å². The van der Waals surface area contributed by atoms with Crippen molar-refractivity contribution < 1.29 is 4.79 Å². The maximum atomic E-state index is 12.7. The molecule has 1 amide bonds. The summed E-state index contributed by atoms with van der Waals surface area (Å²) in [6.45, 7) is 1.21. The standard InChI is InChI=1S/C18H17N7O/c1-24-17-14(9-22-24)16(20-11-21-17)23-15-6-7-25(18(15)26)10-13-4-2-12(8-19)3-5-13/h2-5,9,11,15H,6-7,10H2,1H3,(H,20,21,23)/t15-/m1/s1. The van der Waals surface area contributed by atoms with Crippen molar-refractivity contribution in [2.75, 3.05) is 11.9 Å². The largest absolute Gasteiger partial charge is 0.358 e. The molecule has 3 aromatic rings. The molecular weight excluding hydrogens is 330 g/mol. The number of carbonyl (C=O) groups excluding carboxylic acids is 1. The Hall–Kier alpha value is -3.47. The van der Waals surface area contributed by atoms with Gasteiger partial charge in [-0.25, -0.2) is 9.97 Å². The highest BCUT2D eigenvalue weighted by Crippen LogP contribution is 2.23. The van der Waals surface area contributed by atoms with E-state index in [0.717, 1.165) is 16.6 Å². The van der Waals surface area contributed by atoms with E-state index in [1.165, 1.54) is 6.33 Å². The summed E-state index contributed by atoms with van der Waals surface area (Å²) >= 11 is 0. The lowest BCUT2D eigenvalue weighted by molar-refractivity contribution is -0.128. The number of rotatable bonds is 4. The van der Waals surface area contributed by atoms with Crippen LogP contribution in [0.5, 0.6) is 0 Å². The molecule has 2 aromatic heterocycles. The van der Waals surface area contributed by atoms with Crippen LogP contribution < -0.4 is 5.32 Å². The maximum absolute atomic E-state index is 12.7. The minimum Gasteiger partial charge on any atom is -0.358 e. The normalized spacial score (nSPS) is 16.8. The molecule has 130 valence electrons. The van der Waals surface area contributed by atoms with Crippen LogP contribution in [-0.4, -0.2) is 43.1 Å². The number of nitrogens with one attached hydrogen (secondary N) is 1. The molecule has 0 unspecified atom stereocenters. The minimum atomic E-state index is -0.313. The highest BCUT2D eigenvalue weighted by Gasteiger charge is 2.32. The van der Waals surface area contributed by atoms with Gasteiger partial charge in [0.25, 0.3) is 0 Å². The Kier molecular flexibility index (Phi) is 3.97. The van der Waals surface area contributed by atoms with Gasteiger partial charge in [0.1, 0.15) is 18.2 Å². The predicted molar refractivity (Wildman–Crippen MR) is 94.9 cm³/mol. The van der Waals surface area contributed by atoms with Gasteiger partial charge in [-0.15, -0.1) is 0 Å². The average molecular weight is 347 g/mol. The molecule has 8 heteroatoms. The molecule has 1 fully saturated rings. The molecular formula is C18H17N7O. The summed E-state index contributed by atoms with van der Waals surface area (Å²) < 4.78 is 1.68. The number of anilines is 1. The van der Waals surface area contributed by atoms with E-state index < -0.39 is 0 Å². The fourth-order valence-corrected chi connectivity index (χ4v) is 3.18. The Morgan fingerprint density at radius 1 is 1.31 bits per heavy atom. The molecule has 0 bridgehead atoms. The first kappa shape index (κ1) is 16.0. The zero-order chi connectivity index (χ0) is 18.1. The van der Waals surface area contributed by atoms with Crippen molar-refractivity contribution >= 4 is 22.8 Å². The van der Waals surface area contributed by atoms with Crippen LogP contribution in [0.25, 0.3) is 11.0 Å². The molecule has 8 nitrogen and oxygen atoms in total. The van der Waals surface area contributed by atoms with Crippen molar-refractivity contribution in [2.24, 2.45) is 7.05 Å². The monoisotopic (exact) mass is 347 g/mol. The van der Waals surface area contributed by atoms with Gasteiger partial charge in [-0.05, 0) is 24.1 Å². The summed E-state index contributed by atoms with van der Waals surface area (Å²) in [6.07, 6.45) is 3.88. The molecule has 1 saturated heterocycles. The van der Waals surface area contributed by atoms with Crippen LogP contribution in [0.3, 0.4) is 0 Å². The van der Waals surface area contributed by atoms with Gasteiger partial charge in [-0.3, -0.25) is 9.48 Å². The number of hydrogen-bond acceptors (Lipinski definition) is 6. The van der Waals surface area contributed by atoms with Gasteiger partial charge in [0.05, 0.1) is 23.2 Å². The summed E-state index contributed by atoms with van der Waals surface area (Å²) in [7, 11) is 1.82. The second kappa shape index (κ2) is 6.44. The van der Waals surface area contributed by atoms with Crippen LogP contribution in [0.2, 0.25) is 0 Å². The third-order valence-electron chi connectivity index (χ3n) is 4.59. The smallest absolute Gasteiger partial charge is 0.245 e. The molecule has 4 rings (SSSR count). The number of nitriles is 1. The number of carbonyl (C=O) groups is 1. The molecule has 1 aromatic carbocycles. The maximum Gasteiger partial charge on any atom is 0.245 e. The fourth-order valence-electron chi connectivity index (χ4n) is 3.18. The highest BCUT2D eigenvalue weighted by atomic mass is 16.2. The summed E-state index contributed by atoms with van der Waals surface area (Å²) in [4.78, 5) is 23.0. The average Bonchev–Trinajstić information content (AvgIpc) is 3.21. The van der Waals surface area contributed by atoms with Gasteiger partial charge in [0, 0.05) is 20.1 Å². The quantitative estimate of drug-likeness (QED) is 0.767. The van der Waals surface area contributed by atoms with E-state index in [4.69, 9.17) is 5.26 Å². The summed E-state index contributed by atoms with van der Waals surface area (Å²) in [5, 5.41) is 17.1. The van der Waals surface area contributed by atoms with Gasteiger partial charge in [-0.2, -0.15) is 10.4 Å². The van der Waals surface area contributed by atoms with Crippen molar-refractivity contribution in [1.82, 2.24) is 24.6 Å². The van der Waals surface area contributed by atoms with E-state index in [1.807, 2.05) is 24.1 Å². The molecule has 1 aliphatic heterocycles. The van der Waals surface area contributed by atoms with Crippen molar-refractivity contribution in [1.29, 1.82) is 5.26 Å². The molecule has 0 radical (unpaired) electrons. The Morgan fingerprint density at radius 3 is 2.88 bits per heavy atom. The van der Waals surface area contributed by atoms with Gasteiger partial charge < -0.3 is 10.2 Å². The van der Waals surface area contributed by atoms with Crippen molar-refractivity contribution in [3.63, 3.8) is 0 Å². The van der Waals surface area contributed by atoms with Gasteiger partial charge in [-0.1, -0.05) is 12.1 Å². The first-order valence-corrected chi connectivity index (χ1v) is 8.33. The van der Waals surface area contributed by atoms with Crippen LogP contribution in [-0.2, 0) is 18.4 Å². The first-order valence-electron chi connectivity index (χ1n) is 8.33. The molecule has 1 aliphatic rings. The minimum absolute atomic E-state index is 0.0463. The van der Waals surface area contributed by atoms with Crippen LogP contribution >= 0.6 is 0 Å². The zero-order valence-corrected chi connectivity index (χ0v) is 14.3. The number of benzene rings is 1. The number of hydrogen-bond donors (Lipinski definition) is 1. The van der Waals surface area contributed by atoms with Crippen molar-refractivity contribution in [3.05, 3.63) is 47.9 Å². The van der Waals surface area contributed by atoms with Crippen LogP contribution in [0.15, 0.2) is 36.8 Å². The SMILES string of the molecule is Cn1ncc2c(N[C@@H]3CCN(Cc4ccc(C#N)cc4)C3=O)ncnc21. The summed E-state index contributed by atoms with van der Waals surface area (Å²) in [5.74, 6) is 0.673. The van der Waals surface area contributed by atoms with E-state index in [-0.39, 0.29) is 11.9 Å². The lowest BCUT2D eigenvalue weighted by Gasteiger charge is -2.17. The fraction of sp³-hybridized carbons (Fsp3) is 0.278. The third-order valence-corrected chi connectivity index (χ3v) is 4.59. The number of aromatic nitrogens is 4. The molecule has 0 spiro atoms. The molecule has 0 saturated carbocycles. The topological polar surface area (TPSA) is 99.7 Å². The van der Waals surface area contributed by atoms with E-state index in [9.17, 15) is 4.79 Å². The van der Waals surface area contributed by atoms with E-state index in [0.29, 0.717) is 30.9 Å². The number of amides is 1. The summed E-state index contributed by atoms with van der Waals surface area (Å²) in [5.41, 5.74) is 2.35. The Balaban J connectivity index is 1.47. The van der Waals surface area contributed by atoms with E-state index >= 15 is 0 Å². The number of nitrogens with zero attached hydrogens (tertiary/aromatic N) is 6. The van der Waals surface area contributed by atoms with E-state index in [1.54, 1.807) is 23.0 Å². The number of likely N-dealkylation sites (tertiary alicyclic amines) is 1. The Morgan fingerprint density at radius 2 is 2.12 bits per heavy atom. The Bertz CT molecular complexity index is 1000.